The second-order valence-electron chi connectivity index (χ2n) is 4.70. The largest absolute Gasteiger partial charge is 0.385 e. The minimum Gasteiger partial charge on any atom is -0.385 e. The van der Waals surface area contributed by atoms with E-state index in [1.807, 2.05) is 24.3 Å². The smallest absolute Gasteiger partial charge is 0.196 e. The fourth-order valence-corrected chi connectivity index (χ4v) is 2.69. The van der Waals surface area contributed by atoms with Gasteiger partial charge in [-0.1, -0.05) is 12.1 Å². The van der Waals surface area contributed by atoms with E-state index in [2.05, 4.69) is 32.7 Å². The Kier molecular flexibility index (Phi) is 3.92. The van der Waals surface area contributed by atoms with E-state index < -0.39 is 0 Å². The standard InChI is InChI=1S/C13H18BrN3O/c1-13(7-8-18-2)9-16-12(15)17(13)11-6-4-3-5-10(11)14/h3-6H,7-9H2,1-2H3,(H2,15,16). The maximum absolute atomic E-state index is 6.04. The molecule has 1 aliphatic rings. The van der Waals surface area contributed by atoms with Crippen molar-refractivity contribution in [1.82, 2.24) is 0 Å². The Labute approximate surface area is 116 Å². The molecule has 0 fully saturated rings. The number of hydrogen-bond acceptors (Lipinski definition) is 4. The minimum atomic E-state index is -0.121. The lowest BCUT2D eigenvalue weighted by atomic mass is 9.96. The molecule has 0 spiro atoms. The molecule has 1 aromatic rings. The zero-order valence-corrected chi connectivity index (χ0v) is 12.3. The average Bonchev–Trinajstić information content (AvgIpc) is 2.65. The molecule has 2 rings (SSSR count). The lowest BCUT2D eigenvalue weighted by Crippen LogP contribution is -2.50. The Morgan fingerprint density at radius 3 is 2.89 bits per heavy atom. The van der Waals surface area contributed by atoms with Crippen LogP contribution in [0.15, 0.2) is 33.7 Å². The maximum Gasteiger partial charge on any atom is 0.196 e. The van der Waals surface area contributed by atoms with Gasteiger partial charge in [-0.3, -0.25) is 4.99 Å². The summed E-state index contributed by atoms with van der Waals surface area (Å²) < 4.78 is 6.21. The maximum atomic E-state index is 6.04. The van der Waals surface area contributed by atoms with Gasteiger partial charge in [-0.15, -0.1) is 0 Å². The Balaban J connectivity index is 2.33. The van der Waals surface area contributed by atoms with Crippen molar-refractivity contribution in [2.45, 2.75) is 18.9 Å². The van der Waals surface area contributed by atoms with Gasteiger partial charge in [0, 0.05) is 18.2 Å². The normalized spacial score (nSPS) is 23.3. The molecule has 98 valence electrons. The molecule has 0 amide bonds. The van der Waals surface area contributed by atoms with Gasteiger partial charge in [-0.25, -0.2) is 0 Å². The van der Waals surface area contributed by atoms with Crippen molar-refractivity contribution in [2.75, 3.05) is 25.2 Å². The van der Waals surface area contributed by atoms with Crippen LogP contribution >= 0.6 is 15.9 Å². The van der Waals surface area contributed by atoms with E-state index >= 15 is 0 Å². The molecule has 0 bridgehead atoms. The van der Waals surface area contributed by atoms with Crippen molar-refractivity contribution >= 4 is 27.6 Å². The van der Waals surface area contributed by atoms with E-state index in [0.29, 0.717) is 19.1 Å². The molecular weight excluding hydrogens is 294 g/mol. The molecule has 0 aromatic heterocycles. The van der Waals surface area contributed by atoms with E-state index in [1.54, 1.807) is 7.11 Å². The monoisotopic (exact) mass is 311 g/mol. The fraction of sp³-hybridized carbons (Fsp3) is 0.462. The first-order valence-corrected chi connectivity index (χ1v) is 6.71. The molecule has 0 radical (unpaired) electrons. The van der Waals surface area contributed by atoms with Crippen LogP contribution in [0, 0.1) is 0 Å². The van der Waals surface area contributed by atoms with Gasteiger partial charge in [0.05, 0.1) is 17.8 Å². The quantitative estimate of drug-likeness (QED) is 0.929. The van der Waals surface area contributed by atoms with Gasteiger partial charge in [-0.2, -0.15) is 0 Å². The molecular formula is C13H18BrN3O. The van der Waals surface area contributed by atoms with Crippen molar-refractivity contribution < 1.29 is 4.74 Å². The van der Waals surface area contributed by atoms with Gasteiger partial charge < -0.3 is 15.4 Å². The number of guanidine groups is 1. The minimum absolute atomic E-state index is 0.121. The van der Waals surface area contributed by atoms with E-state index in [4.69, 9.17) is 10.5 Å². The number of nitrogens with two attached hydrogens (primary N) is 1. The van der Waals surface area contributed by atoms with E-state index in [-0.39, 0.29) is 5.54 Å². The summed E-state index contributed by atoms with van der Waals surface area (Å²) in [6, 6.07) is 8.05. The number of hydrogen-bond donors (Lipinski definition) is 1. The lowest BCUT2D eigenvalue weighted by molar-refractivity contribution is 0.175. The Morgan fingerprint density at radius 2 is 2.22 bits per heavy atom. The van der Waals surface area contributed by atoms with E-state index in [1.165, 1.54) is 0 Å². The number of benzene rings is 1. The van der Waals surface area contributed by atoms with E-state index in [9.17, 15) is 0 Å². The number of halogens is 1. The molecule has 1 atom stereocenters. The summed E-state index contributed by atoms with van der Waals surface area (Å²) in [5, 5.41) is 0. The fourth-order valence-electron chi connectivity index (χ4n) is 2.23. The zero-order chi connectivity index (χ0) is 13.2. The van der Waals surface area contributed by atoms with Crippen LogP contribution in [0.25, 0.3) is 0 Å². The second kappa shape index (κ2) is 5.28. The van der Waals surface area contributed by atoms with Gasteiger partial charge in [0.2, 0.25) is 0 Å². The summed E-state index contributed by atoms with van der Waals surface area (Å²) in [6.45, 7) is 3.55. The van der Waals surface area contributed by atoms with Crippen molar-refractivity contribution in [3.05, 3.63) is 28.7 Å². The van der Waals surface area contributed by atoms with Crippen molar-refractivity contribution in [3.63, 3.8) is 0 Å². The molecule has 1 heterocycles. The number of methoxy groups -OCH3 is 1. The summed E-state index contributed by atoms with van der Waals surface area (Å²) in [5.74, 6) is 0.570. The van der Waals surface area contributed by atoms with Gasteiger partial charge in [0.1, 0.15) is 0 Å². The highest BCUT2D eigenvalue weighted by atomic mass is 79.9. The Morgan fingerprint density at radius 1 is 1.50 bits per heavy atom. The summed E-state index contributed by atoms with van der Waals surface area (Å²) in [6.07, 6.45) is 0.884. The molecule has 0 aliphatic carbocycles. The third-order valence-electron chi connectivity index (χ3n) is 3.29. The van der Waals surface area contributed by atoms with Gasteiger partial charge >= 0.3 is 0 Å². The third kappa shape index (κ3) is 2.37. The van der Waals surface area contributed by atoms with Gasteiger partial charge in [0.15, 0.2) is 5.96 Å². The van der Waals surface area contributed by atoms with Crippen molar-refractivity contribution in [1.29, 1.82) is 0 Å². The SMILES string of the molecule is COCCC1(C)CN=C(N)N1c1ccccc1Br. The van der Waals surface area contributed by atoms with Gasteiger partial charge in [0.25, 0.3) is 0 Å². The molecule has 5 heteroatoms. The first-order chi connectivity index (χ1) is 8.58. The van der Waals surface area contributed by atoms with Crippen LogP contribution < -0.4 is 10.6 Å². The van der Waals surface area contributed by atoms with Crippen LogP contribution in [0.4, 0.5) is 5.69 Å². The van der Waals surface area contributed by atoms with Crippen LogP contribution in [-0.4, -0.2) is 31.8 Å². The lowest BCUT2D eigenvalue weighted by Gasteiger charge is -2.36. The number of anilines is 1. The molecule has 1 unspecified atom stereocenters. The highest BCUT2D eigenvalue weighted by Gasteiger charge is 2.39. The number of nitrogens with zero attached hydrogens (tertiary/aromatic N) is 2. The Hall–Kier alpha value is -1.07. The summed E-state index contributed by atoms with van der Waals surface area (Å²) in [4.78, 5) is 6.48. The van der Waals surface area contributed by atoms with Crippen molar-refractivity contribution in [2.24, 2.45) is 10.7 Å². The zero-order valence-electron chi connectivity index (χ0n) is 10.7. The number of rotatable bonds is 4. The first kappa shape index (κ1) is 13.4. The first-order valence-electron chi connectivity index (χ1n) is 5.92. The number of aliphatic imine (C=N–C) groups is 1. The molecule has 18 heavy (non-hydrogen) atoms. The van der Waals surface area contributed by atoms with Crippen LogP contribution in [-0.2, 0) is 4.74 Å². The second-order valence-corrected chi connectivity index (χ2v) is 5.56. The summed E-state index contributed by atoms with van der Waals surface area (Å²) >= 11 is 3.57. The molecule has 0 saturated carbocycles. The van der Waals surface area contributed by atoms with Gasteiger partial charge in [-0.05, 0) is 41.4 Å². The Bertz CT molecular complexity index is 463. The number of ether oxygens (including phenoxy) is 1. The summed E-state index contributed by atoms with van der Waals surface area (Å²) in [7, 11) is 1.71. The van der Waals surface area contributed by atoms with E-state index in [0.717, 1.165) is 16.6 Å². The van der Waals surface area contributed by atoms with Crippen LogP contribution in [0.2, 0.25) is 0 Å². The summed E-state index contributed by atoms with van der Waals surface area (Å²) in [5.41, 5.74) is 6.97. The van der Waals surface area contributed by atoms with Crippen LogP contribution in [0.1, 0.15) is 13.3 Å². The number of para-hydroxylation sites is 1. The predicted octanol–water partition coefficient (Wildman–Crippen LogP) is 2.38. The van der Waals surface area contributed by atoms with Crippen molar-refractivity contribution in [3.8, 4) is 0 Å². The highest BCUT2D eigenvalue weighted by Crippen LogP contribution is 2.35. The van der Waals surface area contributed by atoms with Crippen LogP contribution in [0.5, 0.6) is 0 Å². The highest BCUT2D eigenvalue weighted by molar-refractivity contribution is 9.10. The third-order valence-corrected chi connectivity index (χ3v) is 3.96. The molecule has 1 aromatic carbocycles. The molecule has 1 aliphatic heterocycles. The topological polar surface area (TPSA) is 50.9 Å². The molecule has 2 N–H and O–H groups in total. The average molecular weight is 312 g/mol. The molecule has 0 saturated heterocycles. The molecule has 4 nitrogen and oxygen atoms in total. The predicted molar refractivity (Wildman–Crippen MR) is 78.0 cm³/mol. The van der Waals surface area contributed by atoms with Crippen LogP contribution in [0.3, 0.4) is 0 Å².